The first-order valence-corrected chi connectivity index (χ1v) is 17.7. The van der Waals surface area contributed by atoms with Crippen LogP contribution in [0.5, 0.6) is 11.5 Å². The van der Waals surface area contributed by atoms with E-state index in [9.17, 15) is 0 Å². The molecule has 55 heavy (non-hydrogen) atoms. The monoisotopic (exact) mass is 903 g/mol. The third-order valence-electron chi connectivity index (χ3n) is 9.64. The molecule has 0 atom stereocenters. The first-order chi connectivity index (χ1) is 30.8. The van der Waals surface area contributed by atoms with Gasteiger partial charge in [0.2, 0.25) is 0 Å². The van der Waals surface area contributed by atoms with Crippen molar-refractivity contribution in [1.82, 2.24) is 14.1 Å². The van der Waals surface area contributed by atoms with E-state index in [1.807, 2.05) is 30.5 Å². The second-order valence-corrected chi connectivity index (χ2v) is 12.7. The van der Waals surface area contributed by atoms with Gasteiger partial charge in [-0.25, -0.2) is 4.98 Å². The van der Waals surface area contributed by atoms with Crippen molar-refractivity contribution < 1.29 is 44.1 Å². The van der Waals surface area contributed by atoms with Crippen LogP contribution in [-0.4, -0.2) is 14.1 Å². The number of imidazole rings is 1. The third-order valence-corrected chi connectivity index (χ3v) is 9.64. The number of ether oxygens (including phenoxy) is 1. The second-order valence-electron chi connectivity index (χ2n) is 12.7. The Morgan fingerprint density at radius 1 is 0.745 bits per heavy atom. The summed E-state index contributed by atoms with van der Waals surface area (Å²) in [4.78, 5) is 4.80. The van der Waals surface area contributed by atoms with E-state index in [0.29, 0.717) is 23.1 Å². The summed E-state index contributed by atoms with van der Waals surface area (Å²) >= 11 is 0. The number of aromatic nitrogens is 4. The zero-order chi connectivity index (χ0) is 45.1. The maximum Gasteiger partial charge on any atom is 0.267 e. The number of hydrogen-bond acceptors (Lipinski definition) is 2. The number of pyridine rings is 1. The van der Waals surface area contributed by atoms with Crippen LogP contribution in [0.4, 0.5) is 0 Å². The molecule has 0 aliphatic heterocycles. The average molecular weight is 904 g/mol. The standard InChI is InChI=1S/C49H38N4O.Pt/c1-3-35(4-2)38-27-28-50-48(31-38)53-46-24-12-11-21-44(46)45-26-25-41(33-47(45)53)54-40-20-13-19-39(32-40)51-29-30-52(34-51)49-42(36-15-7-5-8-16-36)22-14-23-43(49)37-17-9-6-10-18-37;/h5-31,35H,3-4H2,1-2H3;/q-2;/i5D,6D,7D,8D,9D,10D,15D,16D,17D,18D;. The summed E-state index contributed by atoms with van der Waals surface area (Å²) in [6.45, 7) is 4.39. The molecule has 272 valence electrons. The molecule has 0 fully saturated rings. The first kappa shape index (κ1) is 25.9. The van der Waals surface area contributed by atoms with Gasteiger partial charge in [0.15, 0.2) is 0 Å². The normalized spacial score (nSPS) is 13.8. The summed E-state index contributed by atoms with van der Waals surface area (Å²) in [5, 5.41) is 2.05. The van der Waals surface area contributed by atoms with Gasteiger partial charge in [0.25, 0.3) is 6.33 Å². The first-order valence-electron chi connectivity index (χ1n) is 22.7. The molecule has 0 radical (unpaired) electrons. The SMILES string of the molecule is [2H]c1c([2H])c([2H])c(-c2cccc(-c3c([2H])c([2H])c([2H])c([2H])c3[2H])c2-[n+]2[c-]n(-c3[c-]c(Oc4[c-]c5c(cc4)c4ccccc4n5-c4cc(C(CC)CC)ccn4)ccc3)cc2)c([2H])c1[2H].[Pt]. The van der Waals surface area contributed by atoms with Crippen molar-refractivity contribution in [3.63, 3.8) is 0 Å². The fourth-order valence-corrected chi connectivity index (χ4v) is 7.05. The summed E-state index contributed by atoms with van der Waals surface area (Å²) in [7, 11) is 0. The van der Waals surface area contributed by atoms with E-state index < -0.39 is 60.4 Å². The Morgan fingerprint density at radius 2 is 1.44 bits per heavy atom. The van der Waals surface area contributed by atoms with Gasteiger partial charge in [0.05, 0.1) is 19.4 Å². The van der Waals surface area contributed by atoms with Crippen LogP contribution in [0, 0.1) is 18.5 Å². The average Bonchev–Trinajstić information content (AvgIpc) is 3.93. The topological polar surface area (TPSA) is 35.9 Å². The van der Waals surface area contributed by atoms with Crippen molar-refractivity contribution in [3.05, 3.63) is 188 Å². The molecule has 0 saturated heterocycles. The number of fused-ring (bicyclic) bond motifs is 3. The molecule has 5 nitrogen and oxygen atoms in total. The van der Waals surface area contributed by atoms with E-state index in [0.717, 1.165) is 40.5 Å². The number of para-hydroxylation sites is 2. The van der Waals surface area contributed by atoms with Crippen LogP contribution >= 0.6 is 0 Å². The molecule has 0 aliphatic rings. The molecule has 0 amide bonds. The maximum atomic E-state index is 8.83. The molecular weight excluding hydrogens is 856 g/mol. The van der Waals surface area contributed by atoms with E-state index >= 15 is 0 Å². The molecule has 0 N–H and O–H groups in total. The Hall–Kier alpha value is -6.03. The maximum absolute atomic E-state index is 8.83. The van der Waals surface area contributed by atoms with E-state index in [-0.39, 0.29) is 49.0 Å². The molecule has 0 aliphatic carbocycles. The van der Waals surface area contributed by atoms with Gasteiger partial charge in [-0.15, -0.1) is 29.7 Å². The molecule has 3 heterocycles. The van der Waals surface area contributed by atoms with E-state index in [1.54, 1.807) is 53.4 Å². The predicted molar refractivity (Wildman–Crippen MR) is 217 cm³/mol. The number of rotatable bonds is 10. The van der Waals surface area contributed by atoms with Crippen molar-refractivity contribution in [2.24, 2.45) is 0 Å². The Balaban J connectivity index is 0.00000576. The Kier molecular flexibility index (Phi) is 7.41. The zero-order valence-electron chi connectivity index (χ0n) is 39.8. The third kappa shape index (κ3) is 6.93. The molecule has 9 aromatic rings. The van der Waals surface area contributed by atoms with Crippen molar-refractivity contribution in [2.75, 3.05) is 0 Å². The Labute approximate surface area is 350 Å². The van der Waals surface area contributed by atoms with Gasteiger partial charge < -0.3 is 13.9 Å². The van der Waals surface area contributed by atoms with Crippen LogP contribution in [0.2, 0.25) is 0 Å². The molecule has 0 spiro atoms. The van der Waals surface area contributed by atoms with Gasteiger partial charge >= 0.3 is 0 Å². The number of nitrogens with zero attached hydrogens (tertiary/aromatic N) is 4. The van der Waals surface area contributed by atoms with Gasteiger partial charge in [-0.2, -0.15) is 18.2 Å². The predicted octanol–water partition coefficient (Wildman–Crippen LogP) is 11.7. The number of hydrogen-bond donors (Lipinski definition) is 0. The molecule has 3 aromatic heterocycles. The van der Waals surface area contributed by atoms with Crippen molar-refractivity contribution in [3.8, 4) is 50.9 Å². The molecule has 0 bridgehead atoms. The largest absolute Gasteiger partial charge is 0.510 e. The van der Waals surface area contributed by atoms with Gasteiger partial charge in [-0.3, -0.25) is 4.57 Å². The Morgan fingerprint density at radius 3 is 2.16 bits per heavy atom. The van der Waals surface area contributed by atoms with Crippen molar-refractivity contribution in [1.29, 1.82) is 0 Å². The second kappa shape index (κ2) is 15.7. The van der Waals surface area contributed by atoms with Crippen LogP contribution in [0.25, 0.3) is 61.3 Å². The van der Waals surface area contributed by atoms with E-state index in [1.165, 1.54) is 10.1 Å². The van der Waals surface area contributed by atoms with Crippen LogP contribution in [0.15, 0.2) is 164 Å². The van der Waals surface area contributed by atoms with Gasteiger partial charge in [0.1, 0.15) is 5.82 Å². The smallest absolute Gasteiger partial charge is 0.267 e. The van der Waals surface area contributed by atoms with Crippen molar-refractivity contribution >= 4 is 21.8 Å². The van der Waals surface area contributed by atoms with Crippen LogP contribution in [0.3, 0.4) is 0 Å². The van der Waals surface area contributed by atoms with E-state index in [2.05, 4.69) is 61.1 Å². The minimum Gasteiger partial charge on any atom is -0.510 e. The molecular formula is C49H38N4OPt-2. The minimum atomic E-state index is -0.565. The Bertz CT molecular complexity index is 3180. The van der Waals surface area contributed by atoms with Crippen molar-refractivity contribution in [2.45, 2.75) is 32.6 Å². The summed E-state index contributed by atoms with van der Waals surface area (Å²) in [6, 6.07) is 27.9. The van der Waals surface area contributed by atoms with Gasteiger partial charge in [0, 0.05) is 56.7 Å². The van der Waals surface area contributed by atoms with Crippen LogP contribution < -0.4 is 9.30 Å². The van der Waals surface area contributed by atoms with Crippen LogP contribution in [0.1, 0.15) is 51.9 Å². The van der Waals surface area contributed by atoms with E-state index in [4.69, 9.17) is 23.4 Å². The van der Waals surface area contributed by atoms with Gasteiger partial charge in [-0.05, 0) is 75.8 Å². The summed E-state index contributed by atoms with van der Waals surface area (Å²) in [5.74, 6) is 2.02. The van der Waals surface area contributed by atoms with Crippen LogP contribution in [-0.2, 0) is 21.1 Å². The minimum absolute atomic E-state index is 0. The molecule has 0 unspecified atom stereocenters. The molecule has 9 rings (SSSR count). The number of benzene rings is 6. The quantitative estimate of drug-likeness (QED) is 0.101. The molecule has 0 saturated carbocycles. The fourth-order valence-electron chi connectivity index (χ4n) is 7.05. The zero-order valence-corrected chi connectivity index (χ0v) is 32.1. The summed E-state index contributed by atoms with van der Waals surface area (Å²) in [6.07, 6.45) is 10.4. The fraction of sp³-hybridized carbons (Fsp3) is 0.102. The summed E-state index contributed by atoms with van der Waals surface area (Å²) < 4.78 is 97.0. The van der Waals surface area contributed by atoms with Gasteiger partial charge in [-0.1, -0.05) is 116 Å². The molecule has 6 heteroatoms. The molecule has 6 aromatic carbocycles. The summed E-state index contributed by atoms with van der Waals surface area (Å²) in [5.41, 5.74) is 3.74.